The van der Waals surface area contributed by atoms with Crippen molar-refractivity contribution < 1.29 is 4.79 Å². The van der Waals surface area contributed by atoms with Crippen LogP contribution in [-0.2, 0) is 6.54 Å². The molecule has 0 spiro atoms. The van der Waals surface area contributed by atoms with Crippen molar-refractivity contribution in [3.63, 3.8) is 0 Å². The Labute approximate surface area is 133 Å². The van der Waals surface area contributed by atoms with Gasteiger partial charge in [0.25, 0.3) is 5.91 Å². The van der Waals surface area contributed by atoms with Crippen LogP contribution in [0.25, 0.3) is 0 Å². The minimum atomic E-state index is 0.0716. The lowest BCUT2D eigenvalue weighted by molar-refractivity contribution is 0.0925. The highest BCUT2D eigenvalue weighted by atomic mass is 16.1. The van der Waals surface area contributed by atoms with Gasteiger partial charge in [-0.15, -0.1) is 0 Å². The van der Waals surface area contributed by atoms with Gasteiger partial charge in [-0.1, -0.05) is 12.1 Å². The van der Waals surface area contributed by atoms with Crippen molar-refractivity contribution in [1.82, 2.24) is 15.5 Å². The maximum Gasteiger partial charge on any atom is 0.251 e. The Kier molecular flexibility index (Phi) is 5.11. The zero-order valence-electron chi connectivity index (χ0n) is 13.5. The van der Waals surface area contributed by atoms with Crippen LogP contribution in [0.1, 0.15) is 48.5 Å². The predicted octanol–water partition coefficient (Wildman–Crippen LogP) is 2.15. The fourth-order valence-corrected chi connectivity index (χ4v) is 3.54. The molecule has 0 aliphatic carbocycles. The minimum Gasteiger partial charge on any atom is -0.349 e. The number of hydrogen-bond acceptors (Lipinski definition) is 3. The van der Waals surface area contributed by atoms with E-state index in [1.807, 2.05) is 12.1 Å². The van der Waals surface area contributed by atoms with Crippen LogP contribution in [0, 0.1) is 0 Å². The van der Waals surface area contributed by atoms with Crippen LogP contribution in [-0.4, -0.2) is 42.5 Å². The van der Waals surface area contributed by atoms with E-state index >= 15 is 0 Å². The monoisotopic (exact) mass is 301 g/mol. The van der Waals surface area contributed by atoms with Crippen LogP contribution in [0.5, 0.6) is 0 Å². The first-order valence-corrected chi connectivity index (χ1v) is 8.56. The molecule has 2 heterocycles. The molecule has 22 heavy (non-hydrogen) atoms. The van der Waals surface area contributed by atoms with Crippen molar-refractivity contribution >= 4 is 5.91 Å². The minimum absolute atomic E-state index is 0.0716. The van der Waals surface area contributed by atoms with Crippen LogP contribution in [0.3, 0.4) is 0 Å². The lowest BCUT2D eigenvalue weighted by Crippen LogP contribution is -2.46. The maximum absolute atomic E-state index is 12.5. The normalized spacial score (nSPS) is 26.0. The predicted molar refractivity (Wildman–Crippen MR) is 88.9 cm³/mol. The third-order valence-corrected chi connectivity index (χ3v) is 4.75. The highest BCUT2D eigenvalue weighted by Crippen LogP contribution is 2.15. The van der Waals surface area contributed by atoms with E-state index in [2.05, 4.69) is 34.6 Å². The molecule has 0 aromatic heterocycles. The van der Waals surface area contributed by atoms with Gasteiger partial charge >= 0.3 is 0 Å². The van der Waals surface area contributed by atoms with Crippen LogP contribution in [0.4, 0.5) is 0 Å². The van der Waals surface area contributed by atoms with E-state index in [1.54, 1.807) is 0 Å². The molecule has 4 heteroatoms. The molecule has 2 aliphatic rings. The number of benzene rings is 1. The molecule has 2 saturated heterocycles. The average molecular weight is 301 g/mol. The molecule has 2 N–H and O–H groups in total. The highest BCUT2D eigenvalue weighted by Gasteiger charge is 2.20. The molecule has 3 rings (SSSR count). The Morgan fingerprint density at radius 2 is 2.18 bits per heavy atom. The van der Waals surface area contributed by atoms with Gasteiger partial charge in [-0.25, -0.2) is 0 Å². The number of carbonyl (C=O) groups is 1. The molecular weight excluding hydrogens is 274 g/mol. The highest BCUT2D eigenvalue weighted by molar-refractivity contribution is 5.94. The van der Waals surface area contributed by atoms with Gasteiger partial charge in [-0.05, 0) is 69.9 Å². The quantitative estimate of drug-likeness (QED) is 0.896. The Balaban J connectivity index is 1.59. The number of hydrogen-bond donors (Lipinski definition) is 2. The molecule has 2 unspecified atom stereocenters. The summed E-state index contributed by atoms with van der Waals surface area (Å²) in [6.07, 6.45) is 4.63. The number of amides is 1. The molecule has 2 aliphatic heterocycles. The molecule has 4 nitrogen and oxygen atoms in total. The van der Waals surface area contributed by atoms with Crippen molar-refractivity contribution in [2.24, 2.45) is 0 Å². The second kappa shape index (κ2) is 7.25. The first-order chi connectivity index (χ1) is 10.7. The molecule has 0 saturated carbocycles. The van der Waals surface area contributed by atoms with E-state index < -0.39 is 0 Å². The summed E-state index contributed by atoms with van der Waals surface area (Å²) in [6.45, 7) is 6.49. The smallest absolute Gasteiger partial charge is 0.251 e. The van der Waals surface area contributed by atoms with Gasteiger partial charge in [0.05, 0.1) is 0 Å². The number of nitrogens with zero attached hydrogens (tertiary/aromatic N) is 1. The second-order valence-electron chi connectivity index (χ2n) is 6.73. The molecular formula is C18H27N3O. The third-order valence-electron chi connectivity index (χ3n) is 4.75. The molecule has 1 amide bonds. The fraction of sp³-hybridized carbons (Fsp3) is 0.611. The number of rotatable bonds is 4. The van der Waals surface area contributed by atoms with E-state index in [0.29, 0.717) is 12.1 Å². The van der Waals surface area contributed by atoms with Crippen LogP contribution >= 0.6 is 0 Å². The van der Waals surface area contributed by atoms with Crippen LogP contribution in [0.2, 0.25) is 0 Å². The first-order valence-electron chi connectivity index (χ1n) is 8.56. The molecule has 2 fully saturated rings. The Morgan fingerprint density at radius 3 is 2.95 bits per heavy atom. The summed E-state index contributed by atoms with van der Waals surface area (Å²) in [6, 6.07) is 8.89. The summed E-state index contributed by atoms with van der Waals surface area (Å²) < 4.78 is 0. The van der Waals surface area contributed by atoms with Crippen molar-refractivity contribution in [3.05, 3.63) is 35.4 Å². The standard InChI is InChI=1S/C18H27N3O/c1-14-11-17(7-8-19-14)20-18(22)16-6-4-5-15(12-16)13-21-9-2-3-10-21/h4-6,12,14,17,19H,2-3,7-11,13H2,1H3,(H,20,22). The molecule has 0 bridgehead atoms. The van der Waals surface area contributed by atoms with Gasteiger partial charge in [-0.2, -0.15) is 0 Å². The number of piperidine rings is 1. The summed E-state index contributed by atoms with van der Waals surface area (Å²) >= 11 is 0. The zero-order chi connectivity index (χ0) is 15.4. The Hall–Kier alpha value is -1.39. The average Bonchev–Trinajstić information content (AvgIpc) is 3.00. The van der Waals surface area contributed by atoms with Crippen molar-refractivity contribution in [2.45, 2.75) is 51.2 Å². The van der Waals surface area contributed by atoms with Gasteiger partial charge in [0.1, 0.15) is 0 Å². The summed E-state index contributed by atoms with van der Waals surface area (Å²) in [5.41, 5.74) is 2.04. The van der Waals surface area contributed by atoms with Gasteiger partial charge in [0, 0.05) is 24.2 Å². The Morgan fingerprint density at radius 1 is 1.36 bits per heavy atom. The van der Waals surface area contributed by atoms with Crippen molar-refractivity contribution in [3.8, 4) is 0 Å². The van der Waals surface area contributed by atoms with E-state index in [0.717, 1.165) is 31.5 Å². The Bertz CT molecular complexity index is 511. The number of carbonyl (C=O) groups excluding carboxylic acids is 1. The molecule has 0 radical (unpaired) electrons. The number of nitrogens with one attached hydrogen (secondary N) is 2. The third kappa shape index (κ3) is 4.08. The largest absolute Gasteiger partial charge is 0.349 e. The molecule has 120 valence electrons. The van der Waals surface area contributed by atoms with Gasteiger partial charge in [0.15, 0.2) is 0 Å². The van der Waals surface area contributed by atoms with Gasteiger partial charge < -0.3 is 10.6 Å². The molecule has 1 aromatic carbocycles. The van der Waals surface area contributed by atoms with Crippen molar-refractivity contribution in [1.29, 1.82) is 0 Å². The second-order valence-corrected chi connectivity index (χ2v) is 6.73. The van der Waals surface area contributed by atoms with Crippen LogP contribution in [0.15, 0.2) is 24.3 Å². The van der Waals surface area contributed by atoms with E-state index in [1.165, 1.54) is 31.5 Å². The van der Waals surface area contributed by atoms with Gasteiger partial charge in [-0.3, -0.25) is 9.69 Å². The van der Waals surface area contributed by atoms with E-state index in [9.17, 15) is 4.79 Å². The van der Waals surface area contributed by atoms with E-state index in [-0.39, 0.29) is 5.91 Å². The first kappa shape index (κ1) is 15.5. The summed E-state index contributed by atoms with van der Waals surface area (Å²) in [4.78, 5) is 14.9. The van der Waals surface area contributed by atoms with Crippen LogP contribution < -0.4 is 10.6 Å². The summed E-state index contributed by atoms with van der Waals surface area (Å²) in [5.74, 6) is 0.0716. The summed E-state index contributed by atoms with van der Waals surface area (Å²) in [7, 11) is 0. The van der Waals surface area contributed by atoms with Gasteiger partial charge in [0.2, 0.25) is 0 Å². The lowest BCUT2D eigenvalue weighted by Gasteiger charge is -2.28. The lowest BCUT2D eigenvalue weighted by atomic mass is 10.00. The van der Waals surface area contributed by atoms with Crippen molar-refractivity contribution in [2.75, 3.05) is 19.6 Å². The zero-order valence-corrected chi connectivity index (χ0v) is 13.5. The fourth-order valence-electron chi connectivity index (χ4n) is 3.54. The summed E-state index contributed by atoms with van der Waals surface area (Å²) in [5, 5.41) is 6.61. The topological polar surface area (TPSA) is 44.4 Å². The van der Waals surface area contributed by atoms with E-state index in [4.69, 9.17) is 0 Å². The maximum atomic E-state index is 12.5. The molecule has 1 aromatic rings. The number of likely N-dealkylation sites (tertiary alicyclic amines) is 1. The molecule has 2 atom stereocenters. The SMILES string of the molecule is CC1CC(NC(=O)c2cccc(CN3CCCC3)c2)CCN1.